The summed E-state index contributed by atoms with van der Waals surface area (Å²) in [5.74, 6) is -0.0919. The lowest BCUT2D eigenvalue weighted by Crippen LogP contribution is -2.22. The highest BCUT2D eigenvalue weighted by molar-refractivity contribution is 8.00. The molecule has 0 saturated carbocycles. The predicted molar refractivity (Wildman–Crippen MR) is 79.7 cm³/mol. The van der Waals surface area contributed by atoms with Crippen molar-refractivity contribution in [3.05, 3.63) is 42.0 Å². The Morgan fingerprint density at radius 1 is 1.30 bits per heavy atom. The van der Waals surface area contributed by atoms with E-state index in [1.54, 1.807) is 24.5 Å². The van der Waals surface area contributed by atoms with Gasteiger partial charge < -0.3 is 5.32 Å². The number of nitrogens with one attached hydrogen (secondary N) is 1. The fourth-order valence-corrected chi connectivity index (χ4v) is 2.51. The van der Waals surface area contributed by atoms with Gasteiger partial charge in [0.25, 0.3) is 0 Å². The quantitative estimate of drug-likeness (QED) is 0.692. The van der Waals surface area contributed by atoms with Crippen LogP contribution in [-0.4, -0.2) is 26.1 Å². The zero-order valence-electron chi connectivity index (χ0n) is 11.6. The van der Waals surface area contributed by atoms with Gasteiger partial charge in [0.2, 0.25) is 5.91 Å². The maximum Gasteiger partial charge on any atom is 0.237 e. The molecule has 0 fully saturated rings. The van der Waals surface area contributed by atoms with Gasteiger partial charge in [0, 0.05) is 17.6 Å². The number of hydrogen-bond donors (Lipinski definition) is 1. The van der Waals surface area contributed by atoms with Crippen molar-refractivity contribution in [2.75, 3.05) is 5.32 Å². The number of rotatable bonds is 4. The molecule has 1 N–H and O–H groups in total. The number of carbonyl (C=O) groups excluding carboxylic acids is 1. The number of amides is 1. The second kappa shape index (κ2) is 6.47. The van der Waals surface area contributed by atoms with Gasteiger partial charge >= 0.3 is 0 Å². The molecule has 2 aromatic heterocycles. The minimum atomic E-state index is -0.281. The molecule has 6 heteroatoms. The first-order chi connectivity index (χ1) is 9.54. The van der Waals surface area contributed by atoms with Crippen LogP contribution in [0.4, 0.5) is 5.69 Å². The summed E-state index contributed by atoms with van der Waals surface area (Å²) in [6, 6.07) is 5.49. The summed E-state index contributed by atoms with van der Waals surface area (Å²) in [4.78, 5) is 24.7. The molecule has 5 nitrogen and oxygen atoms in total. The topological polar surface area (TPSA) is 67.8 Å². The second-order valence-electron chi connectivity index (χ2n) is 4.42. The fraction of sp³-hybridized carbons (Fsp3) is 0.286. The standard InChI is InChI=1S/C14H16N4OS/c1-9-7-10(2)17-14(16-9)20-11(3)13(19)18-12-5-4-6-15-8-12/h4-8,11H,1-3H3,(H,18,19). The lowest BCUT2D eigenvalue weighted by Gasteiger charge is -2.11. The Kier molecular flexibility index (Phi) is 4.68. The summed E-state index contributed by atoms with van der Waals surface area (Å²) < 4.78 is 0. The highest BCUT2D eigenvalue weighted by Gasteiger charge is 2.16. The molecule has 0 spiro atoms. The molecule has 0 aliphatic rings. The highest BCUT2D eigenvalue weighted by atomic mass is 32.2. The smallest absolute Gasteiger partial charge is 0.237 e. The Hall–Kier alpha value is -1.95. The predicted octanol–water partition coefficient (Wildman–Crippen LogP) is 2.61. The van der Waals surface area contributed by atoms with Crippen molar-refractivity contribution in [1.82, 2.24) is 15.0 Å². The molecule has 0 radical (unpaired) electrons. The summed E-state index contributed by atoms with van der Waals surface area (Å²) in [6.45, 7) is 5.66. The van der Waals surface area contributed by atoms with Crippen LogP contribution in [0.1, 0.15) is 18.3 Å². The molecule has 104 valence electrons. The largest absolute Gasteiger partial charge is 0.324 e. The summed E-state index contributed by atoms with van der Waals surface area (Å²) in [5.41, 5.74) is 2.49. The fourth-order valence-electron chi connectivity index (χ4n) is 1.64. The first kappa shape index (κ1) is 14.5. The van der Waals surface area contributed by atoms with Gasteiger partial charge in [0.15, 0.2) is 5.16 Å². The summed E-state index contributed by atoms with van der Waals surface area (Å²) in [6.07, 6.45) is 3.28. The van der Waals surface area contributed by atoms with Gasteiger partial charge in [-0.15, -0.1) is 0 Å². The minimum absolute atomic E-state index is 0.0919. The zero-order valence-corrected chi connectivity index (χ0v) is 12.4. The van der Waals surface area contributed by atoms with Crippen LogP contribution >= 0.6 is 11.8 Å². The Bertz CT molecular complexity index is 583. The van der Waals surface area contributed by atoms with Crippen molar-refractivity contribution in [3.8, 4) is 0 Å². The van der Waals surface area contributed by atoms with Crippen LogP contribution in [0.15, 0.2) is 35.7 Å². The summed E-state index contributed by atoms with van der Waals surface area (Å²) >= 11 is 1.34. The van der Waals surface area contributed by atoms with Gasteiger partial charge in [0.1, 0.15) is 0 Å². The van der Waals surface area contributed by atoms with E-state index in [-0.39, 0.29) is 11.2 Å². The van der Waals surface area contributed by atoms with Crippen LogP contribution in [-0.2, 0) is 4.79 Å². The molecule has 2 rings (SSSR count). The van der Waals surface area contributed by atoms with E-state index in [0.717, 1.165) is 11.4 Å². The lowest BCUT2D eigenvalue weighted by molar-refractivity contribution is -0.115. The van der Waals surface area contributed by atoms with E-state index in [1.807, 2.05) is 26.8 Å². The van der Waals surface area contributed by atoms with E-state index in [2.05, 4.69) is 20.3 Å². The van der Waals surface area contributed by atoms with Crippen LogP contribution in [0.3, 0.4) is 0 Å². The summed E-state index contributed by atoms with van der Waals surface area (Å²) in [5, 5.41) is 3.15. The number of thioether (sulfide) groups is 1. The average molecular weight is 288 g/mol. The van der Waals surface area contributed by atoms with E-state index in [1.165, 1.54) is 11.8 Å². The SMILES string of the molecule is Cc1cc(C)nc(SC(C)C(=O)Nc2cccnc2)n1. The lowest BCUT2D eigenvalue weighted by atomic mass is 10.4. The maximum absolute atomic E-state index is 12.1. The third-order valence-corrected chi connectivity index (χ3v) is 3.50. The molecule has 1 atom stereocenters. The minimum Gasteiger partial charge on any atom is -0.324 e. The Balaban J connectivity index is 2.00. The van der Waals surface area contributed by atoms with Gasteiger partial charge in [-0.25, -0.2) is 9.97 Å². The number of pyridine rings is 1. The third kappa shape index (κ3) is 4.03. The Morgan fingerprint density at radius 3 is 2.60 bits per heavy atom. The first-order valence-electron chi connectivity index (χ1n) is 6.24. The molecular weight excluding hydrogens is 272 g/mol. The van der Waals surface area contributed by atoms with Crippen LogP contribution < -0.4 is 5.32 Å². The number of aryl methyl sites for hydroxylation is 2. The van der Waals surface area contributed by atoms with Crippen molar-refractivity contribution in [2.45, 2.75) is 31.2 Å². The molecule has 0 aliphatic carbocycles. The number of hydrogen-bond acceptors (Lipinski definition) is 5. The monoisotopic (exact) mass is 288 g/mol. The molecule has 1 amide bonds. The van der Waals surface area contributed by atoms with E-state index in [9.17, 15) is 4.79 Å². The van der Waals surface area contributed by atoms with Gasteiger partial charge in [-0.05, 0) is 39.0 Å². The van der Waals surface area contributed by atoms with Crippen molar-refractivity contribution in [1.29, 1.82) is 0 Å². The van der Waals surface area contributed by atoms with Gasteiger partial charge in [-0.1, -0.05) is 11.8 Å². The molecule has 0 saturated heterocycles. The Labute approximate surface area is 122 Å². The van der Waals surface area contributed by atoms with Crippen LogP contribution in [0.2, 0.25) is 0 Å². The number of carbonyl (C=O) groups is 1. The normalized spacial score (nSPS) is 11.9. The molecule has 0 aromatic carbocycles. The molecule has 1 unspecified atom stereocenters. The second-order valence-corrected chi connectivity index (χ2v) is 5.73. The summed E-state index contributed by atoms with van der Waals surface area (Å²) in [7, 11) is 0. The van der Waals surface area contributed by atoms with E-state index in [0.29, 0.717) is 10.8 Å². The van der Waals surface area contributed by atoms with Crippen LogP contribution in [0.25, 0.3) is 0 Å². The third-order valence-electron chi connectivity index (χ3n) is 2.54. The van der Waals surface area contributed by atoms with E-state index in [4.69, 9.17) is 0 Å². The zero-order chi connectivity index (χ0) is 14.5. The molecule has 0 bridgehead atoms. The van der Waals surface area contributed by atoms with Crippen LogP contribution in [0, 0.1) is 13.8 Å². The molecule has 2 heterocycles. The number of anilines is 1. The van der Waals surface area contributed by atoms with Crippen LogP contribution in [0.5, 0.6) is 0 Å². The van der Waals surface area contributed by atoms with Crippen molar-refractivity contribution >= 4 is 23.4 Å². The molecule has 2 aromatic rings. The van der Waals surface area contributed by atoms with E-state index < -0.39 is 0 Å². The highest BCUT2D eigenvalue weighted by Crippen LogP contribution is 2.21. The van der Waals surface area contributed by atoms with Crippen molar-refractivity contribution in [2.24, 2.45) is 0 Å². The van der Waals surface area contributed by atoms with Gasteiger partial charge in [-0.2, -0.15) is 0 Å². The van der Waals surface area contributed by atoms with E-state index >= 15 is 0 Å². The van der Waals surface area contributed by atoms with Gasteiger partial charge in [-0.3, -0.25) is 9.78 Å². The Morgan fingerprint density at radius 2 is 2.00 bits per heavy atom. The first-order valence-corrected chi connectivity index (χ1v) is 7.12. The maximum atomic E-state index is 12.1. The average Bonchev–Trinajstić information content (AvgIpc) is 2.38. The number of aromatic nitrogens is 3. The van der Waals surface area contributed by atoms with Crippen molar-refractivity contribution < 1.29 is 4.79 Å². The van der Waals surface area contributed by atoms with Gasteiger partial charge in [0.05, 0.1) is 17.1 Å². The molecule has 0 aliphatic heterocycles. The molecular formula is C14H16N4OS. The van der Waals surface area contributed by atoms with Crippen molar-refractivity contribution in [3.63, 3.8) is 0 Å². The number of nitrogens with zero attached hydrogens (tertiary/aromatic N) is 3. The molecule has 20 heavy (non-hydrogen) atoms.